The van der Waals surface area contributed by atoms with E-state index in [1.54, 1.807) is 0 Å². The SMILES string of the molecule is CC(C)(C)[C@H]1OCCC[P@]1c1ccccc1. The smallest absolute Gasteiger partial charge is 0.0854 e. The molecule has 0 bridgehead atoms. The van der Waals surface area contributed by atoms with Crippen molar-refractivity contribution in [2.45, 2.75) is 33.0 Å². The third-order valence-corrected chi connectivity index (χ3v) is 6.18. The first kappa shape index (κ1) is 12.1. The van der Waals surface area contributed by atoms with E-state index in [0.717, 1.165) is 6.61 Å². The van der Waals surface area contributed by atoms with Gasteiger partial charge in [-0.25, -0.2) is 0 Å². The van der Waals surface area contributed by atoms with Gasteiger partial charge in [-0.15, -0.1) is 0 Å². The second-order valence-corrected chi connectivity index (χ2v) is 7.84. The second kappa shape index (κ2) is 4.85. The summed E-state index contributed by atoms with van der Waals surface area (Å²) in [5.41, 5.74) is 0.252. The van der Waals surface area contributed by atoms with Crippen LogP contribution >= 0.6 is 7.92 Å². The summed E-state index contributed by atoms with van der Waals surface area (Å²) in [6.07, 6.45) is 2.54. The molecule has 16 heavy (non-hydrogen) atoms. The summed E-state index contributed by atoms with van der Waals surface area (Å²) in [4.78, 5) is 0. The van der Waals surface area contributed by atoms with Gasteiger partial charge in [0.05, 0.1) is 5.85 Å². The first-order valence-corrected chi connectivity index (χ1v) is 7.62. The van der Waals surface area contributed by atoms with E-state index >= 15 is 0 Å². The highest BCUT2D eigenvalue weighted by molar-refractivity contribution is 7.66. The summed E-state index contributed by atoms with van der Waals surface area (Å²) >= 11 is 0. The lowest BCUT2D eigenvalue weighted by molar-refractivity contribution is 0.0336. The van der Waals surface area contributed by atoms with Gasteiger partial charge < -0.3 is 4.74 Å². The van der Waals surface area contributed by atoms with Crippen molar-refractivity contribution in [3.05, 3.63) is 30.3 Å². The number of hydrogen-bond acceptors (Lipinski definition) is 1. The Morgan fingerprint density at radius 2 is 1.88 bits per heavy atom. The van der Waals surface area contributed by atoms with Crippen LogP contribution in [0.5, 0.6) is 0 Å². The molecular formula is C14H21OP. The van der Waals surface area contributed by atoms with Crippen LogP contribution < -0.4 is 5.30 Å². The van der Waals surface area contributed by atoms with E-state index in [2.05, 4.69) is 51.1 Å². The molecule has 2 heteroatoms. The van der Waals surface area contributed by atoms with E-state index in [0.29, 0.717) is 5.85 Å². The topological polar surface area (TPSA) is 9.23 Å². The molecule has 1 fully saturated rings. The van der Waals surface area contributed by atoms with Crippen LogP contribution in [0.15, 0.2) is 30.3 Å². The van der Waals surface area contributed by atoms with Crippen molar-refractivity contribution in [3.63, 3.8) is 0 Å². The van der Waals surface area contributed by atoms with E-state index in [1.807, 2.05) is 0 Å². The van der Waals surface area contributed by atoms with Crippen LogP contribution in [0, 0.1) is 5.41 Å². The van der Waals surface area contributed by atoms with Crippen molar-refractivity contribution in [3.8, 4) is 0 Å². The summed E-state index contributed by atoms with van der Waals surface area (Å²) in [6, 6.07) is 10.9. The maximum absolute atomic E-state index is 6.04. The fraction of sp³-hybridized carbons (Fsp3) is 0.571. The van der Waals surface area contributed by atoms with Gasteiger partial charge in [-0.05, 0) is 31.2 Å². The van der Waals surface area contributed by atoms with Gasteiger partial charge in [0.1, 0.15) is 0 Å². The lowest BCUT2D eigenvalue weighted by Gasteiger charge is -2.40. The van der Waals surface area contributed by atoms with Crippen LogP contribution in [-0.2, 0) is 4.74 Å². The van der Waals surface area contributed by atoms with Crippen molar-refractivity contribution in [1.29, 1.82) is 0 Å². The third-order valence-electron chi connectivity index (χ3n) is 2.93. The van der Waals surface area contributed by atoms with Crippen LogP contribution in [0.1, 0.15) is 27.2 Å². The molecule has 2 atom stereocenters. The number of rotatable bonds is 1. The number of hydrogen-bond donors (Lipinski definition) is 0. The van der Waals surface area contributed by atoms with Crippen LogP contribution in [-0.4, -0.2) is 18.6 Å². The molecular weight excluding hydrogens is 215 g/mol. The van der Waals surface area contributed by atoms with Crippen LogP contribution in [0.3, 0.4) is 0 Å². The fourth-order valence-electron chi connectivity index (χ4n) is 2.24. The summed E-state index contributed by atoms with van der Waals surface area (Å²) in [5.74, 6) is 0.415. The van der Waals surface area contributed by atoms with E-state index in [9.17, 15) is 0 Å². The first-order valence-electron chi connectivity index (χ1n) is 6.02. The Morgan fingerprint density at radius 1 is 1.19 bits per heavy atom. The molecule has 1 aromatic carbocycles. The maximum atomic E-state index is 6.04. The molecule has 1 aliphatic rings. The Hall–Kier alpha value is -0.390. The van der Waals surface area contributed by atoms with Gasteiger partial charge in [0, 0.05) is 6.61 Å². The highest BCUT2D eigenvalue weighted by Crippen LogP contribution is 2.51. The summed E-state index contributed by atoms with van der Waals surface area (Å²) in [5, 5.41) is 1.50. The fourth-order valence-corrected chi connectivity index (χ4v) is 5.25. The van der Waals surface area contributed by atoms with E-state index in [1.165, 1.54) is 17.9 Å². The summed E-state index contributed by atoms with van der Waals surface area (Å²) in [7, 11) is -0.141. The Bertz CT molecular complexity index is 328. The Morgan fingerprint density at radius 3 is 2.50 bits per heavy atom. The number of ether oxygens (including phenoxy) is 1. The van der Waals surface area contributed by atoms with Gasteiger partial charge in [0.25, 0.3) is 0 Å². The molecule has 1 aliphatic heterocycles. The Balaban J connectivity index is 2.24. The molecule has 0 radical (unpaired) electrons. The normalized spacial score (nSPS) is 26.7. The van der Waals surface area contributed by atoms with Gasteiger partial charge in [-0.2, -0.15) is 0 Å². The van der Waals surface area contributed by atoms with Crippen molar-refractivity contribution in [2.24, 2.45) is 5.41 Å². The van der Waals surface area contributed by atoms with Crippen LogP contribution in [0.25, 0.3) is 0 Å². The average Bonchev–Trinajstić information content (AvgIpc) is 2.29. The summed E-state index contributed by atoms with van der Waals surface area (Å²) < 4.78 is 6.04. The highest BCUT2D eigenvalue weighted by Gasteiger charge is 2.35. The minimum atomic E-state index is -0.141. The molecule has 88 valence electrons. The van der Waals surface area contributed by atoms with Crippen molar-refractivity contribution in [1.82, 2.24) is 0 Å². The molecule has 1 nitrogen and oxygen atoms in total. The van der Waals surface area contributed by atoms with Gasteiger partial charge in [-0.3, -0.25) is 0 Å². The Kier molecular flexibility index (Phi) is 3.66. The second-order valence-electron chi connectivity index (χ2n) is 5.47. The lowest BCUT2D eigenvalue weighted by Crippen LogP contribution is -2.35. The minimum Gasteiger partial charge on any atom is -0.373 e. The van der Waals surface area contributed by atoms with E-state index in [4.69, 9.17) is 4.74 Å². The lowest BCUT2D eigenvalue weighted by atomic mass is 9.98. The van der Waals surface area contributed by atoms with Gasteiger partial charge in [0.2, 0.25) is 0 Å². The monoisotopic (exact) mass is 236 g/mol. The molecule has 0 N–H and O–H groups in total. The van der Waals surface area contributed by atoms with Gasteiger partial charge >= 0.3 is 0 Å². The zero-order valence-electron chi connectivity index (χ0n) is 10.4. The predicted molar refractivity (Wildman–Crippen MR) is 71.7 cm³/mol. The first-order chi connectivity index (χ1) is 7.59. The zero-order valence-corrected chi connectivity index (χ0v) is 11.3. The molecule has 1 saturated heterocycles. The predicted octanol–water partition coefficient (Wildman–Crippen LogP) is 3.59. The maximum Gasteiger partial charge on any atom is 0.0854 e. The Labute approximate surface area is 100.0 Å². The molecule has 0 spiro atoms. The van der Waals surface area contributed by atoms with Crippen molar-refractivity contribution >= 4 is 13.2 Å². The third kappa shape index (κ3) is 2.64. The highest BCUT2D eigenvalue weighted by atomic mass is 31.1. The zero-order chi connectivity index (χ0) is 11.6. The minimum absolute atomic E-state index is 0.141. The van der Waals surface area contributed by atoms with Gasteiger partial charge in [0.15, 0.2) is 0 Å². The van der Waals surface area contributed by atoms with Crippen LogP contribution in [0.4, 0.5) is 0 Å². The summed E-state index contributed by atoms with van der Waals surface area (Å²) in [6.45, 7) is 7.82. The molecule has 0 unspecified atom stereocenters. The molecule has 1 aromatic rings. The molecule has 1 heterocycles. The molecule has 0 aliphatic carbocycles. The molecule has 0 saturated carbocycles. The van der Waals surface area contributed by atoms with Gasteiger partial charge in [-0.1, -0.05) is 51.1 Å². The molecule has 0 amide bonds. The quantitative estimate of drug-likeness (QED) is 0.677. The van der Waals surface area contributed by atoms with E-state index in [-0.39, 0.29) is 13.3 Å². The van der Waals surface area contributed by atoms with Crippen molar-refractivity contribution < 1.29 is 4.74 Å². The molecule has 0 aromatic heterocycles. The largest absolute Gasteiger partial charge is 0.373 e. The standard InChI is InChI=1S/C14H21OP/c1-14(2,3)13-15-10-7-11-16(13)12-8-5-4-6-9-12/h4-6,8-9,13H,7,10-11H2,1-3H3/t13-,16+/m0/s1. The molecule has 2 rings (SSSR count). The number of benzene rings is 1. The van der Waals surface area contributed by atoms with E-state index < -0.39 is 0 Å². The van der Waals surface area contributed by atoms with Crippen molar-refractivity contribution in [2.75, 3.05) is 12.8 Å². The van der Waals surface area contributed by atoms with Crippen LogP contribution in [0.2, 0.25) is 0 Å². The average molecular weight is 236 g/mol.